The highest BCUT2D eigenvalue weighted by atomic mass is 32.2. The molecule has 0 aromatic heterocycles. The summed E-state index contributed by atoms with van der Waals surface area (Å²) in [5.74, 6) is 0. The van der Waals surface area contributed by atoms with Crippen LogP contribution in [0.1, 0.15) is 23.1 Å². The zero-order chi connectivity index (χ0) is 15.6. The number of nitrogens with zero attached hydrogens (tertiary/aromatic N) is 1. The molecule has 0 unspecified atom stereocenters. The summed E-state index contributed by atoms with van der Waals surface area (Å²) < 4.78 is 26.9. The van der Waals surface area contributed by atoms with Crippen LogP contribution >= 0.6 is 0 Å². The number of hydrogen-bond acceptors (Lipinski definition) is 2. The quantitative estimate of drug-likeness (QED) is 0.865. The second kappa shape index (κ2) is 5.97. The molecule has 0 atom stereocenters. The first-order valence-electron chi connectivity index (χ1n) is 7.42. The van der Waals surface area contributed by atoms with Crippen molar-refractivity contribution >= 4 is 21.8 Å². The molecule has 2 aromatic rings. The Labute approximate surface area is 132 Å². The third kappa shape index (κ3) is 3.07. The highest BCUT2D eigenvalue weighted by molar-refractivity contribution is 7.95. The van der Waals surface area contributed by atoms with Crippen molar-refractivity contribution in [2.45, 2.75) is 19.8 Å². The Balaban J connectivity index is 1.94. The molecule has 0 spiro atoms. The summed E-state index contributed by atoms with van der Waals surface area (Å²) in [6, 6.07) is 15.5. The van der Waals surface area contributed by atoms with Gasteiger partial charge in [-0.25, -0.2) is 8.42 Å². The minimum atomic E-state index is -3.46. The van der Waals surface area contributed by atoms with Crippen LogP contribution in [-0.2, 0) is 16.4 Å². The van der Waals surface area contributed by atoms with Crippen LogP contribution in [0.15, 0.2) is 53.9 Å². The minimum absolute atomic E-state index is 0.540. The average Bonchev–Trinajstić information content (AvgIpc) is 2.53. The smallest absolute Gasteiger partial charge is 0.257 e. The van der Waals surface area contributed by atoms with Gasteiger partial charge in [0.2, 0.25) is 0 Å². The molecular formula is C18H19NO2S. The summed E-state index contributed by atoms with van der Waals surface area (Å²) in [5, 5.41) is 1.31. The van der Waals surface area contributed by atoms with Gasteiger partial charge in [-0.15, -0.1) is 0 Å². The van der Waals surface area contributed by atoms with Gasteiger partial charge in [0, 0.05) is 6.54 Å². The first kappa shape index (κ1) is 14.9. The lowest BCUT2D eigenvalue weighted by molar-refractivity contribution is 0.595. The lowest BCUT2D eigenvalue weighted by Gasteiger charge is -2.29. The predicted octanol–water partition coefficient (Wildman–Crippen LogP) is 3.75. The number of aryl methyl sites for hydroxylation is 2. The largest absolute Gasteiger partial charge is 0.267 e. The van der Waals surface area contributed by atoms with Gasteiger partial charge in [-0.3, -0.25) is 4.31 Å². The molecule has 4 heteroatoms. The molecule has 1 aliphatic heterocycles. The van der Waals surface area contributed by atoms with Crippen molar-refractivity contribution in [3.05, 3.63) is 70.6 Å². The van der Waals surface area contributed by atoms with Crippen molar-refractivity contribution in [1.82, 2.24) is 0 Å². The molecule has 1 aliphatic rings. The number of rotatable bonds is 3. The van der Waals surface area contributed by atoms with Crippen LogP contribution in [-0.4, -0.2) is 15.0 Å². The van der Waals surface area contributed by atoms with Gasteiger partial charge >= 0.3 is 0 Å². The predicted molar refractivity (Wildman–Crippen MR) is 91.2 cm³/mol. The van der Waals surface area contributed by atoms with Crippen molar-refractivity contribution < 1.29 is 8.42 Å². The number of anilines is 1. The Bertz CT molecular complexity index is 795. The van der Waals surface area contributed by atoms with Gasteiger partial charge in [-0.1, -0.05) is 42.5 Å². The summed E-state index contributed by atoms with van der Waals surface area (Å²) in [5.41, 5.74) is 3.89. The van der Waals surface area contributed by atoms with Gasteiger partial charge < -0.3 is 0 Å². The molecule has 3 nitrogen and oxygen atoms in total. The van der Waals surface area contributed by atoms with Crippen LogP contribution in [0.2, 0.25) is 0 Å². The van der Waals surface area contributed by atoms with Crippen LogP contribution in [0.3, 0.4) is 0 Å². The lowest BCUT2D eigenvalue weighted by atomic mass is 10.0. The molecule has 0 radical (unpaired) electrons. The van der Waals surface area contributed by atoms with Crippen molar-refractivity contribution in [2.75, 3.05) is 10.8 Å². The summed E-state index contributed by atoms with van der Waals surface area (Å²) in [6.07, 6.45) is 3.44. The molecule has 0 fully saturated rings. The normalized spacial score (nSPS) is 15.0. The van der Waals surface area contributed by atoms with Crippen molar-refractivity contribution in [2.24, 2.45) is 0 Å². The van der Waals surface area contributed by atoms with Crippen LogP contribution in [0, 0.1) is 6.92 Å². The Morgan fingerprint density at radius 1 is 1.09 bits per heavy atom. The second-order valence-corrected chi connectivity index (χ2v) is 7.31. The number of sulfonamides is 1. The van der Waals surface area contributed by atoms with Gasteiger partial charge in [0.15, 0.2) is 0 Å². The molecule has 3 rings (SSSR count). The number of fused-ring (bicyclic) bond motifs is 1. The van der Waals surface area contributed by atoms with E-state index in [4.69, 9.17) is 0 Å². The Kier molecular flexibility index (Phi) is 4.03. The highest BCUT2D eigenvalue weighted by Crippen LogP contribution is 2.30. The van der Waals surface area contributed by atoms with Crippen LogP contribution in [0.5, 0.6) is 0 Å². The topological polar surface area (TPSA) is 37.4 Å². The fourth-order valence-electron chi connectivity index (χ4n) is 2.72. The Morgan fingerprint density at radius 2 is 1.86 bits per heavy atom. The number of benzene rings is 2. The second-order valence-electron chi connectivity index (χ2n) is 5.57. The van der Waals surface area contributed by atoms with Gasteiger partial charge in [0.05, 0.1) is 11.1 Å². The first-order valence-corrected chi connectivity index (χ1v) is 8.92. The minimum Gasteiger partial charge on any atom is -0.267 e. The van der Waals surface area contributed by atoms with E-state index >= 15 is 0 Å². The molecule has 22 heavy (non-hydrogen) atoms. The van der Waals surface area contributed by atoms with Crippen molar-refractivity contribution in [1.29, 1.82) is 0 Å². The zero-order valence-electron chi connectivity index (χ0n) is 12.6. The molecule has 2 aromatic carbocycles. The monoisotopic (exact) mass is 313 g/mol. The SMILES string of the molecule is Cc1ccc2c(c1)N(S(=O)(=O)/C=C/c1ccccc1)CCC2. The van der Waals surface area contributed by atoms with E-state index in [0.29, 0.717) is 6.54 Å². The zero-order valence-corrected chi connectivity index (χ0v) is 13.4. The van der Waals surface area contributed by atoms with E-state index in [1.54, 1.807) is 6.08 Å². The van der Waals surface area contributed by atoms with Gasteiger partial charge in [0.1, 0.15) is 0 Å². The molecule has 0 aliphatic carbocycles. The Morgan fingerprint density at radius 3 is 2.64 bits per heavy atom. The van der Waals surface area contributed by atoms with Crippen LogP contribution in [0.4, 0.5) is 5.69 Å². The van der Waals surface area contributed by atoms with Crippen LogP contribution in [0.25, 0.3) is 6.08 Å². The number of hydrogen-bond donors (Lipinski definition) is 0. The molecule has 0 N–H and O–H groups in total. The maximum Gasteiger partial charge on any atom is 0.257 e. The van der Waals surface area contributed by atoms with Crippen molar-refractivity contribution in [3.63, 3.8) is 0 Å². The first-order chi connectivity index (χ1) is 10.6. The molecular weight excluding hydrogens is 294 g/mol. The summed E-state index contributed by atoms with van der Waals surface area (Å²) in [7, 11) is -3.46. The van der Waals surface area contributed by atoms with Gasteiger partial charge in [-0.05, 0) is 48.6 Å². The fourth-order valence-corrected chi connectivity index (χ4v) is 4.02. The molecule has 0 saturated carbocycles. The maximum atomic E-state index is 12.7. The Hall–Kier alpha value is -2.07. The van der Waals surface area contributed by atoms with E-state index in [9.17, 15) is 8.42 Å². The fraction of sp³-hybridized carbons (Fsp3) is 0.222. The van der Waals surface area contributed by atoms with Gasteiger partial charge in [0.25, 0.3) is 10.0 Å². The van der Waals surface area contributed by atoms with E-state index in [-0.39, 0.29) is 0 Å². The molecule has 114 valence electrons. The van der Waals surface area contributed by atoms with E-state index in [2.05, 4.69) is 0 Å². The average molecular weight is 313 g/mol. The summed E-state index contributed by atoms with van der Waals surface area (Å²) in [6.45, 7) is 2.53. The maximum absolute atomic E-state index is 12.7. The molecule has 0 amide bonds. The molecule has 1 heterocycles. The van der Waals surface area contributed by atoms with Crippen molar-refractivity contribution in [3.8, 4) is 0 Å². The van der Waals surface area contributed by atoms with E-state index in [1.165, 1.54) is 9.71 Å². The van der Waals surface area contributed by atoms with E-state index < -0.39 is 10.0 Å². The third-order valence-corrected chi connectivity index (χ3v) is 5.33. The third-order valence-electron chi connectivity index (χ3n) is 3.86. The molecule has 0 bridgehead atoms. The highest BCUT2D eigenvalue weighted by Gasteiger charge is 2.25. The summed E-state index contributed by atoms with van der Waals surface area (Å²) in [4.78, 5) is 0. The van der Waals surface area contributed by atoms with Crippen LogP contribution < -0.4 is 4.31 Å². The van der Waals surface area contributed by atoms with E-state index in [0.717, 1.165) is 35.2 Å². The van der Waals surface area contributed by atoms with E-state index in [1.807, 2.05) is 55.5 Å². The molecule has 0 saturated heterocycles. The standard InChI is InChI=1S/C18H19NO2S/c1-15-9-10-17-8-5-12-19(18(17)14-15)22(20,21)13-11-16-6-3-2-4-7-16/h2-4,6-7,9-11,13-14H,5,8,12H2,1H3/b13-11+. The summed E-state index contributed by atoms with van der Waals surface area (Å²) >= 11 is 0. The lowest BCUT2D eigenvalue weighted by Crippen LogP contribution is -2.34. The van der Waals surface area contributed by atoms with Gasteiger partial charge in [-0.2, -0.15) is 0 Å².